The normalized spacial score (nSPS) is 12.6. The molecule has 0 aromatic heterocycles. The van der Waals surface area contributed by atoms with Crippen molar-refractivity contribution in [2.75, 3.05) is 18.1 Å². The molecule has 0 heterocycles. The predicted molar refractivity (Wildman–Crippen MR) is 133 cm³/mol. The van der Waals surface area contributed by atoms with Gasteiger partial charge in [0.05, 0.1) is 12.5 Å². The number of amides is 1. The number of hydrogen-bond donors (Lipinski definition) is 1. The van der Waals surface area contributed by atoms with Crippen LogP contribution < -0.4 is 5.32 Å². The third-order valence-corrected chi connectivity index (χ3v) is 6.87. The van der Waals surface area contributed by atoms with E-state index in [9.17, 15) is 14.4 Å². The van der Waals surface area contributed by atoms with Gasteiger partial charge in [0.1, 0.15) is 6.04 Å². The Morgan fingerprint density at radius 2 is 1.69 bits per heavy atom. The highest BCUT2D eigenvalue weighted by Crippen LogP contribution is 2.19. The molecular formula is C24H28ClNO4S2. The fourth-order valence-corrected chi connectivity index (χ4v) is 4.75. The molecule has 0 spiro atoms. The van der Waals surface area contributed by atoms with Gasteiger partial charge in [0.25, 0.3) is 0 Å². The summed E-state index contributed by atoms with van der Waals surface area (Å²) in [5, 5.41) is 3.42. The van der Waals surface area contributed by atoms with E-state index in [0.717, 1.165) is 28.6 Å². The van der Waals surface area contributed by atoms with Gasteiger partial charge in [0.2, 0.25) is 5.91 Å². The topological polar surface area (TPSA) is 72.5 Å². The Kier molecular flexibility index (Phi) is 11.7. The Morgan fingerprint density at radius 3 is 2.31 bits per heavy atom. The largest absolute Gasteiger partial charge is 0.464 e. The van der Waals surface area contributed by atoms with Gasteiger partial charge in [-0.05, 0) is 36.6 Å². The zero-order valence-corrected chi connectivity index (χ0v) is 20.6. The number of ether oxygens (including phenoxy) is 1. The standard InChI is InChI=1S/C24H28ClNO4S2/c1-3-30-24(29)22(16-31-14-19-7-5-4-6-8-19)26-23(28)20(15-32-17(2)27)13-18-9-11-21(25)12-10-18/h4-12,20,22H,3,13-16H2,1-2H3,(H,26,28)/t20?,22-/m0/s1. The van der Waals surface area contributed by atoms with E-state index in [-0.39, 0.29) is 17.6 Å². The van der Waals surface area contributed by atoms with E-state index < -0.39 is 17.9 Å². The first-order chi connectivity index (χ1) is 15.4. The van der Waals surface area contributed by atoms with Crippen LogP contribution in [-0.2, 0) is 31.3 Å². The average molecular weight is 494 g/mol. The van der Waals surface area contributed by atoms with E-state index >= 15 is 0 Å². The summed E-state index contributed by atoms with van der Waals surface area (Å²) >= 11 is 8.62. The van der Waals surface area contributed by atoms with Gasteiger partial charge in [0, 0.05) is 29.2 Å². The molecule has 2 aromatic rings. The van der Waals surface area contributed by atoms with Gasteiger partial charge in [-0.1, -0.05) is 65.8 Å². The summed E-state index contributed by atoms with van der Waals surface area (Å²) in [5.74, 6) is 0.254. The van der Waals surface area contributed by atoms with Gasteiger partial charge in [0.15, 0.2) is 5.12 Å². The molecule has 172 valence electrons. The Hall–Kier alpha value is -1.96. The van der Waals surface area contributed by atoms with Crippen LogP contribution in [0.5, 0.6) is 0 Å². The molecular weight excluding hydrogens is 466 g/mol. The Morgan fingerprint density at radius 1 is 1.00 bits per heavy atom. The zero-order valence-electron chi connectivity index (χ0n) is 18.2. The number of rotatable bonds is 12. The number of carbonyl (C=O) groups is 3. The predicted octanol–water partition coefficient (Wildman–Crippen LogP) is 4.76. The zero-order chi connectivity index (χ0) is 23.3. The van der Waals surface area contributed by atoms with Crippen LogP contribution in [0.25, 0.3) is 0 Å². The van der Waals surface area contributed by atoms with E-state index in [1.165, 1.54) is 6.92 Å². The summed E-state index contributed by atoms with van der Waals surface area (Å²) in [7, 11) is 0. The van der Waals surface area contributed by atoms with E-state index in [0.29, 0.717) is 22.9 Å². The van der Waals surface area contributed by atoms with Crippen LogP contribution in [0.4, 0.5) is 0 Å². The summed E-state index contributed by atoms with van der Waals surface area (Å²) in [6.45, 7) is 3.45. The summed E-state index contributed by atoms with van der Waals surface area (Å²) < 4.78 is 5.18. The number of halogens is 1. The quantitative estimate of drug-likeness (QED) is 0.430. The molecule has 1 N–H and O–H groups in total. The molecule has 0 aliphatic heterocycles. The fraction of sp³-hybridized carbons (Fsp3) is 0.375. The van der Waals surface area contributed by atoms with Crippen molar-refractivity contribution in [3.05, 3.63) is 70.7 Å². The molecule has 0 radical (unpaired) electrons. The van der Waals surface area contributed by atoms with Gasteiger partial charge in [-0.3, -0.25) is 9.59 Å². The molecule has 0 aliphatic rings. The lowest BCUT2D eigenvalue weighted by molar-refractivity contribution is -0.147. The van der Waals surface area contributed by atoms with Crippen molar-refractivity contribution in [3.63, 3.8) is 0 Å². The molecule has 32 heavy (non-hydrogen) atoms. The van der Waals surface area contributed by atoms with Crippen molar-refractivity contribution in [1.82, 2.24) is 5.32 Å². The molecule has 0 saturated heterocycles. The Balaban J connectivity index is 2.05. The number of nitrogens with one attached hydrogen (secondary N) is 1. The molecule has 1 unspecified atom stereocenters. The van der Waals surface area contributed by atoms with Crippen molar-refractivity contribution >= 4 is 52.1 Å². The molecule has 8 heteroatoms. The van der Waals surface area contributed by atoms with Crippen LogP contribution in [0.2, 0.25) is 5.02 Å². The summed E-state index contributed by atoms with van der Waals surface area (Å²) in [4.78, 5) is 37.1. The lowest BCUT2D eigenvalue weighted by atomic mass is 10.00. The maximum absolute atomic E-state index is 13.1. The molecule has 2 atom stereocenters. The van der Waals surface area contributed by atoms with Crippen molar-refractivity contribution < 1.29 is 19.1 Å². The minimum atomic E-state index is -0.758. The van der Waals surface area contributed by atoms with Crippen molar-refractivity contribution in [2.24, 2.45) is 5.92 Å². The lowest BCUT2D eigenvalue weighted by Crippen LogP contribution is -2.47. The van der Waals surface area contributed by atoms with E-state index in [2.05, 4.69) is 5.32 Å². The SMILES string of the molecule is CCOC(=O)[C@H](CSCc1ccccc1)NC(=O)C(CSC(C)=O)Cc1ccc(Cl)cc1. The molecule has 1 amide bonds. The van der Waals surface area contributed by atoms with Gasteiger partial charge in [-0.2, -0.15) is 11.8 Å². The average Bonchev–Trinajstić information content (AvgIpc) is 2.77. The molecule has 2 rings (SSSR count). The highest BCUT2D eigenvalue weighted by molar-refractivity contribution is 8.13. The van der Waals surface area contributed by atoms with Crippen LogP contribution in [0.1, 0.15) is 25.0 Å². The van der Waals surface area contributed by atoms with E-state index in [4.69, 9.17) is 16.3 Å². The molecule has 2 aromatic carbocycles. The third-order valence-electron chi connectivity index (χ3n) is 4.54. The molecule has 5 nitrogen and oxygen atoms in total. The molecule has 0 aliphatic carbocycles. The second-order valence-electron chi connectivity index (χ2n) is 7.14. The maximum atomic E-state index is 13.1. The minimum absolute atomic E-state index is 0.0562. The second kappa shape index (κ2) is 14.2. The summed E-state index contributed by atoms with van der Waals surface area (Å²) in [6, 6.07) is 16.4. The van der Waals surface area contributed by atoms with Crippen LogP contribution >= 0.6 is 35.1 Å². The van der Waals surface area contributed by atoms with Crippen LogP contribution in [0, 0.1) is 5.92 Å². The number of carbonyl (C=O) groups excluding carboxylic acids is 3. The van der Waals surface area contributed by atoms with Gasteiger partial charge < -0.3 is 10.1 Å². The van der Waals surface area contributed by atoms with Gasteiger partial charge >= 0.3 is 5.97 Å². The summed E-state index contributed by atoms with van der Waals surface area (Å²) in [5.41, 5.74) is 2.08. The lowest BCUT2D eigenvalue weighted by Gasteiger charge is -2.21. The fourth-order valence-electron chi connectivity index (χ4n) is 2.92. The van der Waals surface area contributed by atoms with E-state index in [1.807, 2.05) is 42.5 Å². The van der Waals surface area contributed by atoms with Crippen molar-refractivity contribution in [3.8, 4) is 0 Å². The van der Waals surface area contributed by atoms with Gasteiger partial charge in [-0.25, -0.2) is 4.79 Å². The minimum Gasteiger partial charge on any atom is -0.464 e. The number of thioether (sulfide) groups is 2. The van der Waals surface area contributed by atoms with Gasteiger partial charge in [-0.15, -0.1) is 0 Å². The van der Waals surface area contributed by atoms with E-state index in [1.54, 1.807) is 30.8 Å². The highest BCUT2D eigenvalue weighted by atomic mass is 35.5. The first kappa shape index (κ1) is 26.3. The monoisotopic (exact) mass is 493 g/mol. The van der Waals surface area contributed by atoms with Crippen LogP contribution in [0.3, 0.4) is 0 Å². The number of esters is 1. The highest BCUT2D eigenvalue weighted by Gasteiger charge is 2.27. The van der Waals surface area contributed by atoms with Crippen LogP contribution in [0.15, 0.2) is 54.6 Å². The maximum Gasteiger partial charge on any atom is 0.329 e. The molecule has 0 fully saturated rings. The summed E-state index contributed by atoms with van der Waals surface area (Å²) in [6.07, 6.45) is 0.440. The van der Waals surface area contributed by atoms with Crippen LogP contribution in [-0.4, -0.2) is 41.1 Å². The molecule has 0 saturated carbocycles. The first-order valence-electron chi connectivity index (χ1n) is 10.4. The second-order valence-corrected chi connectivity index (χ2v) is 9.81. The Bertz CT molecular complexity index is 877. The van der Waals surface area contributed by atoms with Crippen molar-refractivity contribution in [2.45, 2.75) is 32.1 Å². The van der Waals surface area contributed by atoms with Crippen molar-refractivity contribution in [1.29, 1.82) is 0 Å². The third kappa shape index (κ3) is 9.67. The first-order valence-corrected chi connectivity index (χ1v) is 12.9. The number of benzene rings is 2. The Labute approximate surface area is 203 Å². The molecule has 0 bridgehead atoms. The smallest absolute Gasteiger partial charge is 0.329 e. The number of hydrogen-bond acceptors (Lipinski definition) is 6.